The molecule has 0 aliphatic rings. The van der Waals surface area contributed by atoms with Gasteiger partial charge >= 0.3 is 0 Å². The van der Waals surface area contributed by atoms with E-state index in [-0.39, 0.29) is 5.78 Å². The van der Waals surface area contributed by atoms with Crippen LogP contribution in [0.2, 0.25) is 0 Å². The number of benzene rings is 2. The van der Waals surface area contributed by atoms with Crippen molar-refractivity contribution in [1.29, 1.82) is 0 Å². The molecule has 2 rings (SSSR count). The molecule has 0 aliphatic heterocycles. The highest BCUT2D eigenvalue weighted by atomic mass is 16.1. The average Bonchev–Trinajstić information content (AvgIpc) is 2.28. The van der Waals surface area contributed by atoms with Gasteiger partial charge in [0.2, 0.25) is 0 Å². The van der Waals surface area contributed by atoms with Gasteiger partial charge in [0.25, 0.3) is 0 Å². The molecule has 0 aromatic heterocycles. The van der Waals surface area contributed by atoms with Crippen molar-refractivity contribution in [2.75, 3.05) is 0 Å². The SMILES string of the molecule is C=C(C)C(=O)Cc1ccc2ccccc2c1. The number of rotatable bonds is 3. The highest BCUT2D eigenvalue weighted by molar-refractivity contribution is 5.96. The van der Waals surface area contributed by atoms with Gasteiger partial charge in [-0.3, -0.25) is 4.79 Å². The van der Waals surface area contributed by atoms with E-state index in [1.807, 2.05) is 18.2 Å². The van der Waals surface area contributed by atoms with E-state index in [1.165, 1.54) is 10.8 Å². The maximum absolute atomic E-state index is 11.5. The van der Waals surface area contributed by atoms with Gasteiger partial charge in [-0.15, -0.1) is 0 Å². The second kappa shape index (κ2) is 4.31. The van der Waals surface area contributed by atoms with Gasteiger partial charge in [-0.25, -0.2) is 0 Å². The second-order valence-corrected chi connectivity index (χ2v) is 4.06. The van der Waals surface area contributed by atoms with Crippen LogP contribution in [0, 0.1) is 0 Å². The van der Waals surface area contributed by atoms with Gasteiger partial charge in [-0.05, 0) is 28.8 Å². The van der Waals surface area contributed by atoms with E-state index in [4.69, 9.17) is 0 Å². The van der Waals surface area contributed by atoms with Crippen molar-refractivity contribution in [3.63, 3.8) is 0 Å². The number of ketones is 1. The minimum atomic E-state index is 0.107. The maximum Gasteiger partial charge on any atom is 0.162 e. The molecule has 0 radical (unpaired) electrons. The van der Waals surface area contributed by atoms with Gasteiger partial charge in [0.15, 0.2) is 5.78 Å². The summed E-state index contributed by atoms with van der Waals surface area (Å²) in [5.41, 5.74) is 1.67. The Balaban J connectivity index is 2.33. The van der Waals surface area contributed by atoms with Gasteiger partial charge in [0.05, 0.1) is 0 Å². The lowest BCUT2D eigenvalue weighted by Crippen LogP contribution is -2.02. The summed E-state index contributed by atoms with van der Waals surface area (Å²) in [4.78, 5) is 11.5. The van der Waals surface area contributed by atoms with Crippen LogP contribution in [0.1, 0.15) is 12.5 Å². The summed E-state index contributed by atoms with van der Waals surface area (Å²) in [6.45, 7) is 5.42. The van der Waals surface area contributed by atoms with Crippen molar-refractivity contribution in [3.05, 3.63) is 60.2 Å². The van der Waals surface area contributed by atoms with Crippen LogP contribution in [-0.4, -0.2) is 5.78 Å². The van der Waals surface area contributed by atoms with Gasteiger partial charge < -0.3 is 0 Å². The molecular weight excluding hydrogens is 196 g/mol. The number of hydrogen-bond acceptors (Lipinski definition) is 1. The van der Waals surface area contributed by atoms with Crippen LogP contribution in [0.3, 0.4) is 0 Å². The molecule has 0 amide bonds. The zero-order valence-electron chi connectivity index (χ0n) is 9.36. The number of carbonyl (C=O) groups excluding carboxylic acids is 1. The van der Waals surface area contributed by atoms with Gasteiger partial charge in [0, 0.05) is 6.42 Å². The average molecular weight is 210 g/mol. The summed E-state index contributed by atoms with van der Waals surface area (Å²) >= 11 is 0. The molecule has 0 atom stereocenters. The van der Waals surface area contributed by atoms with E-state index in [0.717, 1.165) is 5.56 Å². The summed E-state index contributed by atoms with van der Waals surface area (Å²) in [5.74, 6) is 0.107. The first-order chi connectivity index (χ1) is 7.66. The quantitative estimate of drug-likeness (QED) is 0.708. The fourth-order valence-corrected chi connectivity index (χ4v) is 1.69. The van der Waals surface area contributed by atoms with Crippen LogP contribution >= 0.6 is 0 Å². The van der Waals surface area contributed by atoms with Crippen molar-refractivity contribution in [1.82, 2.24) is 0 Å². The fourth-order valence-electron chi connectivity index (χ4n) is 1.69. The summed E-state index contributed by atoms with van der Waals surface area (Å²) in [6, 6.07) is 14.3. The van der Waals surface area contributed by atoms with Crippen molar-refractivity contribution >= 4 is 16.6 Å². The predicted octanol–water partition coefficient (Wildman–Crippen LogP) is 3.53. The Morgan fingerprint density at radius 2 is 1.81 bits per heavy atom. The van der Waals surface area contributed by atoms with E-state index in [1.54, 1.807) is 6.92 Å². The third-order valence-electron chi connectivity index (χ3n) is 2.65. The first-order valence-corrected chi connectivity index (χ1v) is 5.33. The second-order valence-electron chi connectivity index (χ2n) is 4.06. The molecule has 0 bridgehead atoms. The largest absolute Gasteiger partial charge is 0.294 e. The minimum absolute atomic E-state index is 0.107. The Bertz CT molecular complexity index is 552. The zero-order chi connectivity index (χ0) is 11.5. The van der Waals surface area contributed by atoms with Crippen molar-refractivity contribution < 1.29 is 4.79 Å². The molecule has 0 fully saturated rings. The maximum atomic E-state index is 11.5. The van der Waals surface area contributed by atoms with Gasteiger partial charge in [-0.1, -0.05) is 49.0 Å². The Hall–Kier alpha value is -1.89. The van der Waals surface area contributed by atoms with E-state index >= 15 is 0 Å². The molecule has 80 valence electrons. The van der Waals surface area contributed by atoms with Gasteiger partial charge in [-0.2, -0.15) is 0 Å². The molecular formula is C15H14O. The number of carbonyl (C=O) groups is 1. The van der Waals surface area contributed by atoms with E-state index in [2.05, 4.69) is 30.8 Å². The summed E-state index contributed by atoms with van der Waals surface area (Å²) in [7, 11) is 0. The van der Waals surface area contributed by atoms with E-state index < -0.39 is 0 Å². The molecule has 0 aliphatic carbocycles. The zero-order valence-corrected chi connectivity index (χ0v) is 9.36. The molecule has 2 aromatic carbocycles. The Labute approximate surface area is 95.4 Å². The lowest BCUT2D eigenvalue weighted by Gasteiger charge is -2.03. The molecule has 0 saturated carbocycles. The van der Waals surface area contributed by atoms with E-state index in [0.29, 0.717) is 12.0 Å². The first-order valence-electron chi connectivity index (χ1n) is 5.33. The molecule has 1 nitrogen and oxygen atoms in total. The normalized spacial score (nSPS) is 10.3. The highest BCUT2D eigenvalue weighted by Gasteiger charge is 2.04. The van der Waals surface area contributed by atoms with Crippen molar-refractivity contribution in [2.24, 2.45) is 0 Å². The molecule has 2 aromatic rings. The third kappa shape index (κ3) is 2.19. The van der Waals surface area contributed by atoms with Crippen LogP contribution in [-0.2, 0) is 11.2 Å². The molecule has 0 saturated heterocycles. The summed E-state index contributed by atoms with van der Waals surface area (Å²) in [5, 5.41) is 2.38. The standard InChI is InChI=1S/C15H14O/c1-11(2)15(16)10-12-7-8-13-5-3-4-6-14(13)9-12/h3-9H,1,10H2,2H3. The number of hydrogen-bond donors (Lipinski definition) is 0. The van der Waals surface area contributed by atoms with Crippen molar-refractivity contribution in [2.45, 2.75) is 13.3 Å². The Morgan fingerprint density at radius 3 is 2.50 bits per heavy atom. The molecule has 0 spiro atoms. The third-order valence-corrected chi connectivity index (χ3v) is 2.65. The Morgan fingerprint density at radius 1 is 1.12 bits per heavy atom. The first kappa shape index (κ1) is 10.6. The van der Waals surface area contributed by atoms with E-state index in [9.17, 15) is 4.79 Å². The molecule has 0 unspecified atom stereocenters. The van der Waals surface area contributed by atoms with Crippen LogP contribution in [0.15, 0.2) is 54.6 Å². The highest BCUT2D eigenvalue weighted by Crippen LogP contribution is 2.16. The molecule has 16 heavy (non-hydrogen) atoms. The van der Waals surface area contributed by atoms with Crippen LogP contribution in [0.4, 0.5) is 0 Å². The molecule has 0 heterocycles. The predicted molar refractivity (Wildman–Crippen MR) is 67.5 cm³/mol. The summed E-state index contributed by atoms with van der Waals surface area (Å²) in [6.07, 6.45) is 0.445. The smallest absolute Gasteiger partial charge is 0.162 e. The molecule has 1 heteroatoms. The monoisotopic (exact) mass is 210 g/mol. The van der Waals surface area contributed by atoms with Crippen LogP contribution < -0.4 is 0 Å². The Kier molecular flexibility index (Phi) is 2.86. The van der Waals surface area contributed by atoms with Crippen LogP contribution in [0.25, 0.3) is 10.8 Å². The van der Waals surface area contributed by atoms with Crippen molar-refractivity contribution in [3.8, 4) is 0 Å². The number of Topliss-reactive ketones (excluding diaryl/α,β-unsaturated/α-hetero) is 1. The lowest BCUT2D eigenvalue weighted by molar-refractivity contribution is -0.114. The summed E-state index contributed by atoms with van der Waals surface area (Å²) < 4.78 is 0. The fraction of sp³-hybridized carbons (Fsp3) is 0.133. The topological polar surface area (TPSA) is 17.1 Å². The lowest BCUT2D eigenvalue weighted by atomic mass is 10.0. The number of fused-ring (bicyclic) bond motifs is 1. The number of allylic oxidation sites excluding steroid dienone is 1. The minimum Gasteiger partial charge on any atom is -0.294 e. The molecule has 0 N–H and O–H groups in total. The van der Waals surface area contributed by atoms with Gasteiger partial charge in [0.1, 0.15) is 0 Å². The van der Waals surface area contributed by atoms with Crippen LogP contribution in [0.5, 0.6) is 0 Å².